The van der Waals surface area contributed by atoms with Crippen molar-refractivity contribution in [2.24, 2.45) is 17.8 Å². The van der Waals surface area contributed by atoms with Crippen LogP contribution in [0, 0.1) is 17.8 Å². The van der Waals surface area contributed by atoms with Gasteiger partial charge in [0.2, 0.25) is 0 Å². The van der Waals surface area contributed by atoms with Crippen LogP contribution in [0.25, 0.3) is 0 Å². The monoisotopic (exact) mass is 305 g/mol. The second-order valence-corrected chi connectivity index (χ2v) is 8.82. The Balaban J connectivity index is 1.68. The summed E-state index contributed by atoms with van der Waals surface area (Å²) in [5.41, 5.74) is 0.943. The highest BCUT2D eigenvalue weighted by Crippen LogP contribution is 2.62. The molecule has 1 aromatic heterocycles. The van der Waals surface area contributed by atoms with Crippen molar-refractivity contribution in [2.45, 2.75) is 63.9 Å². The van der Waals surface area contributed by atoms with Crippen LogP contribution >= 0.6 is 8.19 Å². The SMILES string of the molecule is CC(C)OC(=O)c1nc[pH]c1C12CC3CC(CC(C3)C1)C2. The van der Waals surface area contributed by atoms with Crippen LogP contribution in [0.15, 0.2) is 5.93 Å². The Hall–Kier alpha value is -0.820. The van der Waals surface area contributed by atoms with Gasteiger partial charge in [-0.25, -0.2) is 9.78 Å². The van der Waals surface area contributed by atoms with Crippen molar-refractivity contribution < 1.29 is 9.53 Å². The number of hydrogen-bond donors (Lipinski definition) is 0. The summed E-state index contributed by atoms with van der Waals surface area (Å²) < 4.78 is 5.42. The lowest BCUT2D eigenvalue weighted by molar-refractivity contribution is -0.00471. The number of nitrogens with zero attached hydrogens (tertiary/aromatic N) is 1. The molecular formula is C17H24NO2P. The normalized spacial score (nSPS) is 37.6. The molecule has 4 aliphatic carbocycles. The zero-order valence-corrected chi connectivity index (χ0v) is 13.9. The van der Waals surface area contributed by atoms with Crippen LogP contribution in [0.4, 0.5) is 0 Å². The molecule has 4 saturated carbocycles. The Labute approximate surface area is 128 Å². The average Bonchev–Trinajstić information content (AvgIpc) is 2.85. The Morgan fingerprint density at radius 1 is 1.24 bits per heavy atom. The molecule has 0 aromatic carbocycles. The van der Waals surface area contributed by atoms with Crippen LogP contribution in [0.5, 0.6) is 0 Å². The topological polar surface area (TPSA) is 39.2 Å². The fourth-order valence-electron chi connectivity index (χ4n) is 5.54. The van der Waals surface area contributed by atoms with Crippen molar-refractivity contribution in [1.29, 1.82) is 0 Å². The zero-order valence-electron chi connectivity index (χ0n) is 12.9. The summed E-state index contributed by atoms with van der Waals surface area (Å²) in [5.74, 6) is 4.45. The second kappa shape index (κ2) is 4.84. The quantitative estimate of drug-likeness (QED) is 0.788. The molecule has 1 unspecified atom stereocenters. The van der Waals surface area contributed by atoms with E-state index in [1.165, 1.54) is 43.8 Å². The van der Waals surface area contributed by atoms with Gasteiger partial charge in [0.1, 0.15) is 0 Å². The Bertz CT molecular complexity index is 528. The first-order valence-electron chi connectivity index (χ1n) is 8.30. The highest BCUT2D eigenvalue weighted by atomic mass is 31.0. The summed E-state index contributed by atoms with van der Waals surface area (Å²) in [6, 6.07) is 0. The maximum absolute atomic E-state index is 12.4. The van der Waals surface area contributed by atoms with Gasteiger partial charge in [0.15, 0.2) is 5.69 Å². The minimum Gasteiger partial charge on any atom is -0.458 e. The first-order chi connectivity index (χ1) is 10.1. The van der Waals surface area contributed by atoms with Crippen molar-refractivity contribution >= 4 is 14.2 Å². The fourth-order valence-corrected chi connectivity index (χ4v) is 6.78. The molecule has 5 rings (SSSR count). The van der Waals surface area contributed by atoms with Crippen LogP contribution < -0.4 is 0 Å². The third-order valence-corrected chi connectivity index (χ3v) is 7.06. The lowest BCUT2D eigenvalue weighted by Gasteiger charge is -2.56. The average molecular weight is 305 g/mol. The van der Waals surface area contributed by atoms with Gasteiger partial charge in [0.05, 0.1) is 6.10 Å². The Morgan fingerprint density at radius 3 is 2.33 bits per heavy atom. The highest BCUT2D eigenvalue weighted by molar-refractivity contribution is 7.30. The van der Waals surface area contributed by atoms with E-state index in [2.05, 4.69) is 4.98 Å². The van der Waals surface area contributed by atoms with Gasteiger partial charge in [-0.15, -0.1) is 8.19 Å². The third kappa shape index (κ3) is 2.25. The lowest BCUT2D eigenvalue weighted by atomic mass is 9.49. The number of ether oxygens (including phenoxy) is 1. The molecule has 0 amide bonds. The van der Waals surface area contributed by atoms with Gasteiger partial charge in [0.25, 0.3) is 0 Å². The lowest BCUT2D eigenvalue weighted by Crippen LogP contribution is -2.48. The van der Waals surface area contributed by atoms with E-state index in [4.69, 9.17) is 4.74 Å². The molecule has 4 bridgehead atoms. The first-order valence-corrected chi connectivity index (χ1v) is 9.38. The third-order valence-electron chi connectivity index (χ3n) is 5.74. The predicted molar refractivity (Wildman–Crippen MR) is 84.1 cm³/mol. The summed E-state index contributed by atoms with van der Waals surface area (Å²) in [6.07, 6.45) is 8.11. The molecule has 0 aliphatic heterocycles. The van der Waals surface area contributed by atoms with Crippen molar-refractivity contribution in [2.75, 3.05) is 0 Å². The molecule has 4 aliphatic rings. The molecule has 21 heavy (non-hydrogen) atoms. The van der Waals surface area contributed by atoms with Crippen LogP contribution in [0.2, 0.25) is 0 Å². The van der Waals surface area contributed by atoms with Gasteiger partial charge < -0.3 is 4.74 Å². The first kappa shape index (κ1) is 13.8. The van der Waals surface area contributed by atoms with Gasteiger partial charge >= 0.3 is 5.97 Å². The summed E-state index contributed by atoms with van der Waals surface area (Å²) in [5, 5.41) is 1.34. The minimum absolute atomic E-state index is 0.0678. The summed E-state index contributed by atoms with van der Waals surface area (Å²) in [4.78, 5) is 16.8. The van der Waals surface area contributed by atoms with Crippen LogP contribution in [-0.4, -0.2) is 17.1 Å². The number of rotatable bonds is 3. The van der Waals surface area contributed by atoms with Crippen LogP contribution in [0.3, 0.4) is 0 Å². The standard InChI is InChI=1S/C17H24NO2P/c1-10(2)20-16(19)14-15(21-9-18-14)17-6-11-3-12(7-17)5-13(4-11)8-17/h9-13,21H,3-8H2,1-2H3. The predicted octanol–water partition coefficient (Wildman–Crippen LogP) is 4.15. The molecule has 0 saturated heterocycles. The molecule has 1 heterocycles. The van der Waals surface area contributed by atoms with Gasteiger partial charge in [-0.05, 0) is 70.1 Å². The molecule has 4 fully saturated rings. The van der Waals surface area contributed by atoms with E-state index in [0.29, 0.717) is 13.9 Å². The van der Waals surface area contributed by atoms with Crippen molar-refractivity contribution in [3.8, 4) is 0 Å². The number of carbonyl (C=O) groups is 1. The smallest absolute Gasteiger partial charge is 0.357 e. The number of aromatic nitrogens is 1. The van der Waals surface area contributed by atoms with Crippen LogP contribution in [-0.2, 0) is 10.2 Å². The fraction of sp³-hybridized carbons (Fsp3) is 0.765. The molecule has 114 valence electrons. The van der Waals surface area contributed by atoms with E-state index in [1.54, 1.807) is 0 Å². The summed E-state index contributed by atoms with van der Waals surface area (Å²) in [7, 11) is 0.599. The Morgan fingerprint density at radius 2 is 1.81 bits per heavy atom. The van der Waals surface area contributed by atoms with Gasteiger partial charge in [-0.1, -0.05) is 0 Å². The van der Waals surface area contributed by atoms with Crippen molar-refractivity contribution in [1.82, 2.24) is 4.98 Å². The highest BCUT2D eigenvalue weighted by Gasteiger charge is 2.53. The van der Waals surface area contributed by atoms with E-state index >= 15 is 0 Å². The Kier molecular flexibility index (Phi) is 3.19. The molecule has 3 nitrogen and oxygen atoms in total. The molecule has 4 heteroatoms. The van der Waals surface area contributed by atoms with Crippen molar-refractivity contribution in [3.63, 3.8) is 0 Å². The van der Waals surface area contributed by atoms with Gasteiger partial charge in [-0.3, -0.25) is 0 Å². The molecule has 1 atom stereocenters. The zero-order chi connectivity index (χ0) is 14.6. The second-order valence-electron chi connectivity index (χ2n) is 7.78. The van der Waals surface area contributed by atoms with Crippen molar-refractivity contribution in [3.05, 3.63) is 16.9 Å². The van der Waals surface area contributed by atoms with E-state index in [-0.39, 0.29) is 17.5 Å². The molecular weight excluding hydrogens is 281 g/mol. The molecule has 0 N–H and O–H groups in total. The largest absolute Gasteiger partial charge is 0.458 e. The number of hydrogen-bond acceptors (Lipinski definition) is 3. The van der Waals surface area contributed by atoms with E-state index < -0.39 is 0 Å². The molecule has 0 spiro atoms. The minimum atomic E-state index is -0.197. The summed E-state index contributed by atoms with van der Waals surface area (Å²) >= 11 is 0. The van der Waals surface area contributed by atoms with Crippen LogP contribution in [0.1, 0.15) is 68.2 Å². The maximum atomic E-state index is 12.4. The molecule has 0 radical (unpaired) electrons. The van der Waals surface area contributed by atoms with Gasteiger partial charge in [0, 0.05) is 16.6 Å². The van der Waals surface area contributed by atoms with Gasteiger partial charge in [-0.2, -0.15) is 0 Å². The van der Waals surface area contributed by atoms with E-state index in [0.717, 1.165) is 17.8 Å². The van der Waals surface area contributed by atoms with E-state index in [1.807, 2.05) is 19.8 Å². The number of carbonyl (C=O) groups excluding carboxylic acids is 1. The molecule has 1 aromatic rings. The summed E-state index contributed by atoms with van der Waals surface area (Å²) in [6.45, 7) is 3.81. The number of esters is 1. The van der Waals surface area contributed by atoms with E-state index in [9.17, 15) is 4.79 Å². The maximum Gasteiger partial charge on any atom is 0.357 e.